The molecule has 23 heavy (non-hydrogen) atoms. The Morgan fingerprint density at radius 1 is 1.22 bits per heavy atom. The number of aryl methyl sites for hydroxylation is 2. The molecule has 1 aromatic carbocycles. The second-order valence-electron chi connectivity index (χ2n) is 6.19. The third-order valence-electron chi connectivity index (χ3n) is 4.59. The SMILES string of the molecule is Cc1ccc2c(CC(=O)NCC(=O)N3CCCC3)coc2c1C. The second-order valence-corrected chi connectivity index (χ2v) is 6.19. The van der Waals surface area contributed by atoms with Crippen molar-refractivity contribution in [1.82, 2.24) is 10.2 Å². The van der Waals surface area contributed by atoms with Crippen LogP contribution in [0.3, 0.4) is 0 Å². The minimum absolute atomic E-state index is 0.000582. The summed E-state index contributed by atoms with van der Waals surface area (Å²) in [6.45, 7) is 5.74. The van der Waals surface area contributed by atoms with Gasteiger partial charge in [-0.1, -0.05) is 12.1 Å². The number of nitrogens with zero attached hydrogens (tertiary/aromatic N) is 1. The Balaban J connectivity index is 1.62. The maximum Gasteiger partial charge on any atom is 0.241 e. The van der Waals surface area contributed by atoms with E-state index in [0.717, 1.165) is 48.0 Å². The van der Waals surface area contributed by atoms with Crippen LogP contribution in [0, 0.1) is 13.8 Å². The lowest BCUT2D eigenvalue weighted by Crippen LogP contribution is -2.39. The van der Waals surface area contributed by atoms with E-state index in [1.165, 1.54) is 5.56 Å². The Morgan fingerprint density at radius 3 is 2.70 bits per heavy atom. The summed E-state index contributed by atoms with van der Waals surface area (Å²) < 4.78 is 5.61. The van der Waals surface area contributed by atoms with Crippen molar-refractivity contribution in [2.45, 2.75) is 33.1 Å². The second kappa shape index (κ2) is 6.44. The number of furan rings is 1. The highest BCUT2D eigenvalue weighted by Crippen LogP contribution is 2.26. The molecular formula is C18H22N2O3. The van der Waals surface area contributed by atoms with Crippen molar-refractivity contribution < 1.29 is 14.0 Å². The predicted molar refractivity (Wildman–Crippen MR) is 88.2 cm³/mol. The molecule has 0 spiro atoms. The van der Waals surface area contributed by atoms with Gasteiger partial charge in [-0.15, -0.1) is 0 Å². The van der Waals surface area contributed by atoms with Gasteiger partial charge in [0.15, 0.2) is 0 Å². The molecule has 1 N–H and O–H groups in total. The Morgan fingerprint density at radius 2 is 1.96 bits per heavy atom. The van der Waals surface area contributed by atoms with Crippen molar-refractivity contribution in [3.8, 4) is 0 Å². The predicted octanol–water partition coefficient (Wildman–Crippen LogP) is 2.33. The molecule has 0 unspecified atom stereocenters. The van der Waals surface area contributed by atoms with E-state index < -0.39 is 0 Å². The molecule has 122 valence electrons. The first kappa shape index (κ1) is 15.6. The first-order valence-electron chi connectivity index (χ1n) is 8.07. The minimum atomic E-state index is -0.154. The largest absolute Gasteiger partial charge is 0.464 e. The van der Waals surface area contributed by atoms with E-state index in [0.29, 0.717) is 0 Å². The highest BCUT2D eigenvalue weighted by Gasteiger charge is 2.19. The Hall–Kier alpha value is -2.30. The minimum Gasteiger partial charge on any atom is -0.464 e. The van der Waals surface area contributed by atoms with Crippen LogP contribution < -0.4 is 5.32 Å². The van der Waals surface area contributed by atoms with Gasteiger partial charge in [-0.2, -0.15) is 0 Å². The molecule has 0 saturated carbocycles. The van der Waals surface area contributed by atoms with Gasteiger partial charge in [0.25, 0.3) is 0 Å². The highest BCUT2D eigenvalue weighted by atomic mass is 16.3. The lowest BCUT2D eigenvalue weighted by atomic mass is 10.0. The van der Waals surface area contributed by atoms with Gasteiger partial charge in [-0.3, -0.25) is 9.59 Å². The van der Waals surface area contributed by atoms with Crippen molar-refractivity contribution in [3.63, 3.8) is 0 Å². The summed E-state index contributed by atoms with van der Waals surface area (Å²) in [6, 6.07) is 4.02. The lowest BCUT2D eigenvalue weighted by Gasteiger charge is -2.15. The van der Waals surface area contributed by atoms with E-state index in [1.807, 2.05) is 26.0 Å². The number of rotatable bonds is 4. The van der Waals surface area contributed by atoms with Gasteiger partial charge in [0.05, 0.1) is 19.2 Å². The van der Waals surface area contributed by atoms with Crippen LogP contribution in [-0.2, 0) is 16.0 Å². The smallest absolute Gasteiger partial charge is 0.241 e. The molecule has 2 aromatic rings. The number of amides is 2. The first-order chi connectivity index (χ1) is 11.1. The number of benzene rings is 1. The number of hydrogen-bond donors (Lipinski definition) is 1. The lowest BCUT2D eigenvalue weighted by molar-refractivity contribution is -0.131. The van der Waals surface area contributed by atoms with Crippen LogP contribution in [0.2, 0.25) is 0 Å². The molecule has 0 aliphatic carbocycles. The maximum absolute atomic E-state index is 12.1. The fourth-order valence-electron chi connectivity index (χ4n) is 3.01. The average molecular weight is 314 g/mol. The van der Waals surface area contributed by atoms with Crippen molar-refractivity contribution in [1.29, 1.82) is 0 Å². The number of carbonyl (C=O) groups excluding carboxylic acids is 2. The number of carbonyl (C=O) groups is 2. The third kappa shape index (κ3) is 3.23. The Labute approximate surface area is 135 Å². The molecule has 3 rings (SSSR count). The van der Waals surface area contributed by atoms with Crippen LogP contribution in [0.5, 0.6) is 0 Å². The van der Waals surface area contributed by atoms with Crippen LogP contribution in [-0.4, -0.2) is 36.3 Å². The van der Waals surface area contributed by atoms with E-state index in [1.54, 1.807) is 11.2 Å². The molecule has 1 aliphatic heterocycles. The van der Waals surface area contributed by atoms with E-state index in [9.17, 15) is 9.59 Å². The van der Waals surface area contributed by atoms with Gasteiger partial charge in [0, 0.05) is 24.0 Å². The van der Waals surface area contributed by atoms with Crippen molar-refractivity contribution in [3.05, 3.63) is 35.1 Å². The standard InChI is InChI=1S/C18H22N2O3/c1-12-5-6-15-14(11-23-18(15)13(12)2)9-16(21)19-10-17(22)20-7-3-4-8-20/h5-6,11H,3-4,7-10H2,1-2H3,(H,19,21). The van der Waals surface area contributed by atoms with Crippen molar-refractivity contribution >= 4 is 22.8 Å². The Bertz CT molecular complexity index is 742. The van der Waals surface area contributed by atoms with Gasteiger partial charge in [0.2, 0.25) is 11.8 Å². The summed E-state index contributed by atoms with van der Waals surface area (Å²) in [5.41, 5.74) is 3.95. The molecule has 0 bridgehead atoms. The molecule has 1 saturated heterocycles. The quantitative estimate of drug-likeness (QED) is 0.942. The molecule has 0 radical (unpaired) electrons. The molecule has 5 nitrogen and oxygen atoms in total. The molecule has 0 atom stereocenters. The van der Waals surface area contributed by atoms with Crippen molar-refractivity contribution in [2.75, 3.05) is 19.6 Å². The third-order valence-corrected chi connectivity index (χ3v) is 4.59. The summed E-state index contributed by atoms with van der Waals surface area (Å²) in [5, 5.41) is 3.68. The monoisotopic (exact) mass is 314 g/mol. The topological polar surface area (TPSA) is 62.6 Å². The van der Waals surface area contributed by atoms with Crippen LogP contribution in [0.4, 0.5) is 0 Å². The summed E-state index contributed by atoms with van der Waals surface area (Å²) in [4.78, 5) is 25.8. The number of fused-ring (bicyclic) bond motifs is 1. The average Bonchev–Trinajstić information content (AvgIpc) is 3.19. The zero-order valence-electron chi connectivity index (χ0n) is 13.6. The van der Waals surface area contributed by atoms with Crippen molar-refractivity contribution in [2.24, 2.45) is 0 Å². The van der Waals surface area contributed by atoms with Gasteiger partial charge in [0.1, 0.15) is 5.58 Å². The summed E-state index contributed by atoms with van der Waals surface area (Å²) in [5.74, 6) is -0.155. The van der Waals surface area contributed by atoms with Crippen LogP contribution in [0.25, 0.3) is 11.0 Å². The number of nitrogens with one attached hydrogen (secondary N) is 1. The molecular weight excluding hydrogens is 292 g/mol. The van der Waals surface area contributed by atoms with Gasteiger partial charge < -0.3 is 14.6 Å². The zero-order chi connectivity index (χ0) is 16.4. The van der Waals surface area contributed by atoms with Gasteiger partial charge in [-0.25, -0.2) is 0 Å². The summed E-state index contributed by atoms with van der Waals surface area (Å²) >= 11 is 0. The van der Waals surface area contributed by atoms with E-state index in [4.69, 9.17) is 4.42 Å². The van der Waals surface area contributed by atoms with Gasteiger partial charge in [-0.05, 0) is 37.8 Å². The number of hydrogen-bond acceptors (Lipinski definition) is 3. The summed E-state index contributed by atoms with van der Waals surface area (Å²) in [7, 11) is 0. The van der Waals surface area contributed by atoms with Crippen LogP contribution in [0.1, 0.15) is 29.5 Å². The number of likely N-dealkylation sites (tertiary alicyclic amines) is 1. The molecule has 2 amide bonds. The van der Waals surface area contributed by atoms with E-state index in [-0.39, 0.29) is 24.8 Å². The summed E-state index contributed by atoms with van der Waals surface area (Å²) in [6.07, 6.45) is 3.97. The highest BCUT2D eigenvalue weighted by molar-refractivity contribution is 5.91. The molecule has 1 aromatic heterocycles. The maximum atomic E-state index is 12.1. The zero-order valence-corrected chi connectivity index (χ0v) is 13.6. The normalized spacial score (nSPS) is 14.4. The fourth-order valence-corrected chi connectivity index (χ4v) is 3.01. The van der Waals surface area contributed by atoms with E-state index in [2.05, 4.69) is 5.32 Å². The van der Waals surface area contributed by atoms with Gasteiger partial charge >= 0.3 is 0 Å². The Kier molecular flexibility index (Phi) is 4.37. The van der Waals surface area contributed by atoms with E-state index >= 15 is 0 Å². The molecule has 1 aliphatic rings. The molecule has 2 heterocycles. The van der Waals surface area contributed by atoms with Crippen LogP contribution in [0.15, 0.2) is 22.8 Å². The molecule has 5 heteroatoms. The first-order valence-corrected chi connectivity index (χ1v) is 8.07. The fraction of sp³-hybridized carbons (Fsp3) is 0.444. The van der Waals surface area contributed by atoms with Crippen LogP contribution >= 0.6 is 0 Å². The molecule has 1 fully saturated rings.